The van der Waals surface area contributed by atoms with Crippen LogP contribution in [0.25, 0.3) is 0 Å². The van der Waals surface area contributed by atoms with Crippen LogP contribution in [-0.4, -0.2) is 118 Å². The van der Waals surface area contributed by atoms with E-state index in [2.05, 4.69) is 4.90 Å². The number of hydrogen-bond acceptors (Lipinski definition) is 9. The molecule has 0 unspecified atom stereocenters. The van der Waals surface area contributed by atoms with Crippen molar-refractivity contribution in [2.75, 3.05) is 72.8 Å². The van der Waals surface area contributed by atoms with Crippen molar-refractivity contribution in [2.24, 2.45) is 0 Å². The van der Waals surface area contributed by atoms with Gasteiger partial charge in [-0.2, -0.15) is 4.31 Å². The maximum Gasteiger partial charge on any atom is 0.261 e. The first-order valence-corrected chi connectivity index (χ1v) is 13.1. The van der Waals surface area contributed by atoms with Gasteiger partial charge in [0.2, 0.25) is 15.9 Å². The van der Waals surface area contributed by atoms with Crippen molar-refractivity contribution in [1.29, 1.82) is 0 Å². The lowest BCUT2D eigenvalue weighted by Crippen LogP contribution is -2.52. The van der Waals surface area contributed by atoms with Crippen molar-refractivity contribution in [3.8, 4) is 5.75 Å². The standard InChI is InChI=1S/C22H34N4O8S/c1-32-19-4-2-3-5-20(19)35(30,31)26(9-7-21(27)25-12-16-34-17-13-25)18(22(28)23-29)6-8-24-10-14-33-15-11-24/h2-5,18,29H,6-17H2,1H3,(H,23,28)/t18-/m1/s1. The lowest BCUT2D eigenvalue weighted by molar-refractivity contribution is -0.137. The van der Waals surface area contributed by atoms with E-state index in [1.54, 1.807) is 22.5 Å². The van der Waals surface area contributed by atoms with Gasteiger partial charge in [0, 0.05) is 45.7 Å². The molecule has 0 radical (unpaired) electrons. The zero-order chi connectivity index (χ0) is 25.3. The van der Waals surface area contributed by atoms with Crippen LogP contribution >= 0.6 is 0 Å². The summed E-state index contributed by atoms with van der Waals surface area (Å²) in [6.07, 6.45) is -0.00629. The molecule has 2 amide bonds. The summed E-state index contributed by atoms with van der Waals surface area (Å²) in [6.45, 7) is 4.28. The molecule has 3 rings (SSSR count). The molecule has 2 heterocycles. The van der Waals surface area contributed by atoms with Gasteiger partial charge >= 0.3 is 0 Å². The van der Waals surface area contributed by atoms with Crippen LogP contribution in [0.4, 0.5) is 0 Å². The third kappa shape index (κ3) is 7.12. The highest BCUT2D eigenvalue weighted by Crippen LogP contribution is 2.28. The van der Waals surface area contributed by atoms with Crippen LogP contribution in [0.3, 0.4) is 0 Å². The Kier molecular flexibility index (Phi) is 10.2. The molecule has 1 aromatic rings. The highest BCUT2D eigenvalue weighted by molar-refractivity contribution is 7.89. The highest BCUT2D eigenvalue weighted by Gasteiger charge is 2.38. The quantitative estimate of drug-likeness (QED) is 0.296. The van der Waals surface area contributed by atoms with E-state index in [9.17, 15) is 23.2 Å². The Morgan fingerprint density at radius 3 is 2.37 bits per heavy atom. The molecule has 0 bridgehead atoms. The van der Waals surface area contributed by atoms with E-state index in [1.807, 2.05) is 0 Å². The summed E-state index contributed by atoms with van der Waals surface area (Å²) >= 11 is 0. The van der Waals surface area contributed by atoms with E-state index >= 15 is 0 Å². The molecule has 1 aromatic carbocycles. The average molecular weight is 515 g/mol. The van der Waals surface area contributed by atoms with Gasteiger partial charge < -0.3 is 19.1 Å². The van der Waals surface area contributed by atoms with Crippen LogP contribution in [0.15, 0.2) is 29.2 Å². The highest BCUT2D eigenvalue weighted by atomic mass is 32.2. The Bertz CT molecular complexity index is 949. The molecule has 13 heteroatoms. The van der Waals surface area contributed by atoms with Gasteiger partial charge in [-0.3, -0.25) is 19.7 Å². The molecular weight excluding hydrogens is 480 g/mol. The number of ether oxygens (including phenoxy) is 3. The largest absolute Gasteiger partial charge is 0.495 e. The first-order valence-electron chi connectivity index (χ1n) is 11.6. The summed E-state index contributed by atoms with van der Waals surface area (Å²) < 4.78 is 44.5. The number of morpholine rings is 2. The van der Waals surface area contributed by atoms with E-state index in [0.29, 0.717) is 59.2 Å². The maximum absolute atomic E-state index is 13.8. The summed E-state index contributed by atoms with van der Waals surface area (Å²) in [5, 5.41) is 9.44. The van der Waals surface area contributed by atoms with Gasteiger partial charge in [-0.25, -0.2) is 13.9 Å². The first-order chi connectivity index (χ1) is 16.9. The van der Waals surface area contributed by atoms with Crippen molar-refractivity contribution in [3.05, 3.63) is 24.3 Å². The van der Waals surface area contributed by atoms with Gasteiger partial charge in [0.25, 0.3) is 5.91 Å². The van der Waals surface area contributed by atoms with Crippen LogP contribution in [0.1, 0.15) is 12.8 Å². The molecule has 2 fully saturated rings. The van der Waals surface area contributed by atoms with Crippen molar-refractivity contribution in [3.63, 3.8) is 0 Å². The number of hydroxylamine groups is 1. The smallest absolute Gasteiger partial charge is 0.261 e. The van der Waals surface area contributed by atoms with Gasteiger partial charge in [0.05, 0.1) is 33.5 Å². The fraction of sp³-hybridized carbons (Fsp3) is 0.636. The van der Waals surface area contributed by atoms with Crippen molar-refractivity contribution >= 4 is 21.8 Å². The number of benzene rings is 1. The monoisotopic (exact) mass is 514 g/mol. The van der Waals surface area contributed by atoms with E-state index in [1.165, 1.54) is 19.2 Å². The van der Waals surface area contributed by atoms with Gasteiger partial charge in [0.15, 0.2) is 0 Å². The zero-order valence-corrected chi connectivity index (χ0v) is 20.7. The molecule has 2 aliphatic rings. The molecule has 196 valence electrons. The topological polar surface area (TPSA) is 138 Å². The van der Waals surface area contributed by atoms with E-state index in [4.69, 9.17) is 14.2 Å². The SMILES string of the molecule is COc1ccccc1S(=O)(=O)N(CCC(=O)N1CCOCC1)[C@H](CCN1CCOCC1)C(=O)NO. The third-order valence-corrected chi connectivity index (χ3v) is 8.10. The molecule has 0 aliphatic carbocycles. The lowest BCUT2D eigenvalue weighted by Gasteiger charge is -2.33. The number of nitrogens with one attached hydrogen (secondary N) is 1. The summed E-state index contributed by atoms with van der Waals surface area (Å²) in [6, 6.07) is 4.86. The summed E-state index contributed by atoms with van der Waals surface area (Å²) in [5.74, 6) is -0.978. The van der Waals surface area contributed by atoms with E-state index < -0.39 is 22.0 Å². The number of rotatable bonds is 11. The number of para-hydroxylation sites is 1. The van der Waals surface area contributed by atoms with E-state index in [-0.39, 0.29) is 35.9 Å². The number of sulfonamides is 1. The summed E-state index contributed by atoms with van der Waals surface area (Å²) in [7, 11) is -2.92. The molecule has 1 atom stereocenters. The number of amides is 2. The van der Waals surface area contributed by atoms with E-state index in [0.717, 1.165) is 4.31 Å². The molecule has 35 heavy (non-hydrogen) atoms. The predicted molar refractivity (Wildman–Crippen MR) is 124 cm³/mol. The number of methoxy groups -OCH3 is 1. The first kappa shape index (κ1) is 27.3. The van der Waals surface area contributed by atoms with Crippen LogP contribution in [0.2, 0.25) is 0 Å². The van der Waals surface area contributed by atoms with Gasteiger partial charge in [-0.15, -0.1) is 0 Å². The number of nitrogens with zero attached hydrogens (tertiary/aromatic N) is 3. The average Bonchev–Trinajstić information content (AvgIpc) is 2.90. The molecule has 2 saturated heterocycles. The number of hydrogen-bond donors (Lipinski definition) is 2. The molecule has 0 saturated carbocycles. The Morgan fingerprint density at radius 1 is 1.11 bits per heavy atom. The predicted octanol–water partition coefficient (Wildman–Crippen LogP) is -0.469. The second-order valence-electron chi connectivity index (χ2n) is 8.24. The Labute approximate surface area is 205 Å². The molecule has 0 aromatic heterocycles. The maximum atomic E-state index is 13.8. The third-order valence-electron chi connectivity index (χ3n) is 6.15. The van der Waals surface area contributed by atoms with Crippen LogP contribution in [-0.2, 0) is 29.1 Å². The van der Waals surface area contributed by atoms with Gasteiger partial charge in [0.1, 0.15) is 16.7 Å². The summed E-state index contributed by atoms with van der Waals surface area (Å²) in [5.41, 5.74) is 1.61. The van der Waals surface area contributed by atoms with Crippen LogP contribution in [0, 0.1) is 0 Å². The molecular formula is C22H34N4O8S. The molecule has 0 spiro atoms. The fourth-order valence-electron chi connectivity index (χ4n) is 4.19. The van der Waals surface area contributed by atoms with Crippen molar-refractivity contribution in [2.45, 2.75) is 23.8 Å². The Hall–Kier alpha value is -2.29. The van der Waals surface area contributed by atoms with Gasteiger partial charge in [-0.05, 0) is 18.6 Å². The van der Waals surface area contributed by atoms with Crippen LogP contribution in [0.5, 0.6) is 5.75 Å². The molecule has 12 nitrogen and oxygen atoms in total. The minimum Gasteiger partial charge on any atom is -0.495 e. The Balaban J connectivity index is 1.88. The number of carbonyl (C=O) groups is 2. The zero-order valence-electron chi connectivity index (χ0n) is 19.9. The van der Waals surface area contributed by atoms with Crippen molar-refractivity contribution in [1.82, 2.24) is 19.6 Å². The van der Waals surface area contributed by atoms with Gasteiger partial charge in [-0.1, -0.05) is 12.1 Å². The second-order valence-corrected chi connectivity index (χ2v) is 10.1. The minimum absolute atomic E-state index is 0.118. The Morgan fingerprint density at radius 2 is 1.74 bits per heavy atom. The fourth-order valence-corrected chi connectivity index (χ4v) is 5.97. The number of carbonyl (C=O) groups excluding carboxylic acids is 2. The second kappa shape index (κ2) is 13.1. The van der Waals surface area contributed by atoms with Crippen LogP contribution < -0.4 is 10.2 Å². The summed E-state index contributed by atoms with van der Waals surface area (Å²) in [4.78, 5) is 29.1. The lowest BCUT2D eigenvalue weighted by atomic mass is 10.1. The molecule has 2 N–H and O–H groups in total. The van der Waals surface area contributed by atoms with Crippen molar-refractivity contribution < 1.29 is 37.4 Å². The molecule has 2 aliphatic heterocycles. The minimum atomic E-state index is -4.28. The normalized spacial score (nSPS) is 18.3.